The van der Waals surface area contributed by atoms with Crippen LogP contribution in [0.1, 0.15) is 25.7 Å². The Morgan fingerprint density at radius 1 is 1.33 bits per heavy atom. The van der Waals surface area contributed by atoms with Gasteiger partial charge in [-0.3, -0.25) is 4.79 Å². The molecule has 3 heterocycles. The molecule has 0 aromatic rings. The molecule has 0 aliphatic carbocycles. The number of amides is 1. The molecular weight excluding hydrogens is 192 g/mol. The summed E-state index contributed by atoms with van der Waals surface area (Å²) in [5.74, 6) is 0.408. The average molecular weight is 210 g/mol. The van der Waals surface area contributed by atoms with Crippen molar-refractivity contribution in [1.82, 2.24) is 10.6 Å². The molecule has 3 rings (SSSR count). The van der Waals surface area contributed by atoms with Crippen LogP contribution in [0, 0.1) is 5.92 Å². The highest BCUT2D eigenvalue weighted by Crippen LogP contribution is 2.34. The maximum absolute atomic E-state index is 11.9. The monoisotopic (exact) mass is 210 g/mol. The molecule has 3 fully saturated rings. The number of ether oxygens (including phenoxy) is 1. The fourth-order valence-corrected chi connectivity index (χ4v) is 2.97. The van der Waals surface area contributed by atoms with E-state index in [0.717, 1.165) is 32.4 Å². The summed E-state index contributed by atoms with van der Waals surface area (Å²) in [4.78, 5) is 11.9. The summed E-state index contributed by atoms with van der Waals surface area (Å²) in [5, 5.41) is 6.37. The number of fused-ring (bicyclic) bond motifs is 2. The minimum atomic E-state index is 0.184. The van der Waals surface area contributed by atoms with E-state index in [9.17, 15) is 4.79 Å². The summed E-state index contributed by atoms with van der Waals surface area (Å²) in [5.41, 5.74) is 0. The number of hydrogen-bond donors (Lipinski definition) is 2. The fraction of sp³-hybridized carbons (Fsp3) is 0.909. The molecule has 2 bridgehead atoms. The number of rotatable bonds is 2. The van der Waals surface area contributed by atoms with E-state index in [-0.39, 0.29) is 17.9 Å². The highest BCUT2D eigenvalue weighted by molar-refractivity contribution is 5.79. The van der Waals surface area contributed by atoms with Crippen LogP contribution in [0.3, 0.4) is 0 Å². The third kappa shape index (κ3) is 1.76. The number of carbonyl (C=O) groups is 1. The van der Waals surface area contributed by atoms with E-state index in [1.807, 2.05) is 0 Å². The molecule has 3 saturated heterocycles. The van der Waals surface area contributed by atoms with Gasteiger partial charge in [0.05, 0.1) is 24.2 Å². The van der Waals surface area contributed by atoms with Gasteiger partial charge < -0.3 is 15.4 Å². The molecule has 1 amide bonds. The first-order valence-electron chi connectivity index (χ1n) is 5.99. The molecule has 3 unspecified atom stereocenters. The summed E-state index contributed by atoms with van der Waals surface area (Å²) in [6.07, 6.45) is 5.03. The highest BCUT2D eigenvalue weighted by Gasteiger charge is 2.42. The summed E-state index contributed by atoms with van der Waals surface area (Å²) in [6.45, 7) is 1.82. The Morgan fingerprint density at radius 3 is 2.87 bits per heavy atom. The van der Waals surface area contributed by atoms with E-state index >= 15 is 0 Å². The van der Waals surface area contributed by atoms with E-state index in [2.05, 4.69) is 10.6 Å². The van der Waals surface area contributed by atoms with Crippen molar-refractivity contribution in [1.29, 1.82) is 0 Å². The molecule has 0 aromatic heterocycles. The molecular formula is C11H18N2O2. The number of carbonyl (C=O) groups excluding carboxylic acids is 1. The van der Waals surface area contributed by atoms with Crippen molar-refractivity contribution in [3.63, 3.8) is 0 Å². The normalized spacial score (nSPS) is 43.5. The van der Waals surface area contributed by atoms with Gasteiger partial charge in [-0.15, -0.1) is 0 Å². The van der Waals surface area contributed by atoms with Gasteiger partial charge in [-0.05, 0) is 32.2 Å². The zero-order chi connectivity index (χ0) is 10.3. The first kappa shape index (κ1) is 9.60. The molecule has 84 valence electrons. The van der Waals surface area contributed by atoms with Crippen LogP contribution in [-0.4, -0.2) is 37.2 Å². The van der Waals surface area contributed by atoms with Crippen LogP contribution in [0.2, 0.25) is 0 Å². The molecule has 0 radical (unpaired) electrons. The first-order valence-corrected chi connectivity index (χ1v) is 5.99. The molecule has 4 atom stereocenters. The van der Waals surface area contributed by atoms with Crippen LogP contribution in [-0.2, 0) is 9.53 Å². The molecule has 0 aromatic carbocycles. The van der Waals surface area contributed by atoms with E-state index in [1.54, 1.807) is 0 Å². The van der Waals surface area contributed by atoms with Gasteiger partial charge in [-0.25, -0.2) is 0 Å². The smallest absolute Gasteiger partial charge is 0.224 e. The van der Waals surface area contributed by atoms with Gasteiger partial charge in [-0.1, -0.05) is 0 Å². The summed E-state index contributed by atoms with van der Waals surface area (Å²) in [7, 11) is 0. The highest BCUT2D eigenvalue weighted by atomic mass is 16.5. The van der Waals surface area contributed by atoms with Gasteiger partial charge in [0.1, 0.15) is 0 Å². The summed E-state index contributed by atoms with van der Waals surface area (Å²) >= 11 is 0. The van der Waals surface area contributed by atoms with Crippen molar-refractivity contribution in [3.05, 3.63) is 0 Å². The largest absolute Gasteiger partial charge is 0.373 e. The number of nitrogens with one attached hydrogen (secondary N) is 2. The van der Waals surface area contributed by atoms with Crippen molar-refractivity contribution in [2.45, 2.75) is 43.9 Å². The van der Waals surface area contributed by atoms with Crippen LogP contribution < -0.4 is 10.6 Å². The minimum Gasteiger partial charge on any atom is -0.373 e. The molecule has 4 heteroatoms. The van der Waals surface area contributed by atoms with Gasteiger partial charge in [-0.2, -0.15) is 0 Å². The van der Waals surface area contributed by atoms with Crippen LogP contribution in [0.15, 0.2) is 0 Å². The van der Waals surface area contributed by atoms with Gasteiger partial charge >= 0.3 is 0 Å². The molecule has 15 heavy (non-hydrogen) atoms. The van der Waals surface area contributed by atoms with Crippen molar-refractivity contribution >= 4 is 5.91 Å². The van der Waals surface area contributed by atoms with Crippen molar-refractivity contribution in [2.24, 2.45) is 5.92 Å². The molecule has 3 aliphatic heterocycles. The lowest BCUT2D eigenvalue weighted by Gasteiger charge is -2.21. The second kappa shape index (κ2) is 3.76. The van der Waals surface area contributed by atoms with E-state index in [1.165, 1.54) is 6.42 Å². The lowest BCUT2D eigenvalue weighted by Crippen LogP contribution is -2.44. The second-order valence-electron chi connectivity index (χ2n) is 4.91. The molecule has 2 N–H and O–H groups in total. The standard InChI is InChI=1S/C11H18N2O2/c14-11(7-3-4-12-6-7)13-9-5-8-1-2-10(9)15-8/h7-10,12H,1-6H2,(H,13,14)/t7-,8?,9?,10?/m0/s1. The Bertz CT molecular complexity index is 263. The maximum Gasteiger partial charge on any atom is 0.224 e. The van der Waals surface area contributed by atoms with Crippen LogP contribution in [0.5, 0.6) is 0 Å². The molecule has 4 nitrogen and oxygen atoms in total. The lowest BCUT2D eigenvalue weighted by atomic mass is 9.95. The van der Waals surface area contributed by atoms with Crippen LogP contribution in [0.25, 0.3) is 0 Å². The number of hydrogen-bond acceptors (Lipinski definition) is 3. The predicted molar refractivity (Wildman–Crippen MR) is 55.4 cm³/mol. The SMILES string of the molecule is O=C(NC1CC2CCC1O2)[C@H]1CCNC1. The Hall–Kier alpha value is -0.610. The van der Waals surface area contributed by atoms with Crippen molar-refractivity contribution in [3.8, 4) is 0 Å². The predicted octanol–water partition coefficient (Wildman–Crippen LogP) is 0.0320. The lowest BCUT2D eigenvalue weighted by molar-refractivity contribution is -0.125. The Labute approximate surface area is 89.7 Å². The summed E-state index contributed by atoms with van der Waals surface area (Å²) in [6, 6.07) is 0.289. The Morgan fingerprint density at radius 2 is 2.27 bits per heavy atom. The van der Waals surface area contributed by atoms with Crippen molar-refractivity contribution < 1.29 is 9.53 Å². The van der Waals surface area contributed by atoms with Crippen LogP contribution >= 0.6 is 0 Å². The van der Waals surface area contributed by atoms with E-state index < -0.39 is 0 Å². The zero-order valence-corrected chi connectivity index (χ0v) is 8.87. The van der Waals surface area contributed by atoms with Gasteiger partial charge in [0.15, 0.2) is 0 Å². The van der Waals surface area contributed by atoms with Gasteiger partial charge in [0.25, 0.3) is 0 Å². The quantitative estimate of drug-likeness (QED) is 0.676. The molecule has 0 saturated carbocycles. The van der Waals surface area contributed by atoms with Crippen LogP contribution in [0.4, 0.5) is 0 Å². The van der Waals surface area contributed by atoms with Gasteiger partial charge in [0, 0.05) is 6.54 Å². The van der Waals surface area contributed by atoms with Crippen molar-refractivity contribution in [2.75, 3.05) is 13.1 Å². The molecule has 0 spiro atoms. The van der Waals surface area contributed by atoms with Gasteiger partial charge in [0.2, 0.25) is 5.91 Å². The average Bonchev–Trinajstić information content (AvgIpc) is 2.95. The third-order valence-corrected chi connectivity index (χ3v) is 3.86. The maximum atomic E-state index is 11.9. The Balaban J connectivity index is 1.54. The Kier molecular flexibility index (Phi) is 2.41. The zero-order valence-electron chi connectivity index (χ0n) is 8.87. The second-order valence-corrected chi connectivity index (χ2v) is 4.91. The summed E-state index contributed by atoms with van der Waals surface area (Å²) < 4.78 is 5.72. The van der Waals surface area contributed by atoms with E-state index in [0.29, 0.717) is 12.2 Å². The fourth-order valence-electron chi connectivity index (χ4n) is 2.97. The molecule has 3 aliphatic rings. The minimum absolute atomic E-state index is 0.184. The van der Waals surface area contributed by atoms with E-state index in [4.69, 9.17) is 4.74 Å². The topological polar surface area (TPSA) is 50.4 Å². The first-order chi connectivity index (χ1) is 7.33. The third-order valence-electron chi connectivity index (χ3n) is 3.86.